The summed E-state index contributed by atoms with van der Waals surface area (Å²) in [5.74, 6) is 0.380. The van der Waals surface area contributed by atoms with Crippen LogP contribution < -0.4 is 0 Å². The molecule has 0 aliphatic carbocycles. The van der Waals surface area contributed by atoms with Gasteiger partial charge in [0.25, 0.3) is 0 Å². The first-order valence-electron chi connectivity index (χ1n) is 7.02. The third-order valence-electron chi connectivity index (χ3n) is 3.70. The third kappa shape index (κ3) is 2.57. The van der Waals surface area contributed by atoms with E-state index in [2.05, 4.69) is 13.8 Å². The molecule has 2 nitrogen and oxygen atoms in total. The van der Waals surface area contributed by atoms with Gasteiger partial charge in [-0.2, -0.15) is 0 Å². The molecule has 1 heterocycles. The van der Waals surface area contributed by atoms with Gasteiger partial charge >= 0.3 is 0 Å². The van der Waals surface area contributed by atoms with Crippen LogP contribution in [0.4, 0.5) is 4.39 Å². The van der Waals surface area contributed by atoms with Crippen LogP contribution in [0.2, 0.25) is 0 Å². The van der Waals surface area contributed by atoms with Crippen molar-refractivity contribution in [1.29, 1.82) is 0 Å². The summed E-state index contributed by atoms with van der Waals surface area (Å²) >= 11 is 0. The molecule has 0 bridgehead atoms. The van der Waals surface area contributed by atoms with Gasteiger partial charge in [-0.1, -0.05) is 50.2 Å². The molecule has 2 aromatic carbocycles. The summed E-state index contributed by atoms with van der Waals surface area (Å²) in [6.07, 6.45) is -0.891. The molecule has 1 aromatic heterocycles. The zero-order valence-electron chi connectivity index (χ0n) is 12.0. The lowest BCUT2D eigenvalue weighted by molar-refractivity contribution is 0.192. The Kier molecular flexibility index (Phi) is 3.52. The smallest absolute Gasteiger partial charge is 0.170 e. The minimum atomic E-state index is -0.891. The summed E-state index contributed by atoms with van der Waals surface area (Å²) in [6.45, 7) is 4.24. The SMILES string of the molecule is CC(C)c1ccc(C(O)c2cc3cccc(F)c3o2)cc1. The van der Waals surface area contributed by atoms with Crippen LogP contribution in [0.5, 0.6) is 0 Å². The van der Waals surface area contributed by atoms with Gasteiger partial charge in [0.05, 0.1) is 0 Å². The zero-order chi connectivity index (χ0) is 15.0. The molecule has 0 spiro atoms. The van der Waals surface area contributed by atoms with E-state index in [0.717, 1.165) is 5.56 Å². The molecule has 0 saturated carbocycles. The van der Waals surface area contributed by atoms with Crippen LogP contribution in [0.25, 0.3) is 11.0 Å². The maximum Gasteiger partial charge on any atom is 0.170 e. The molecule has 0 aliphatic heterocycles. The number of hydrogen-bond donors (Lipinski definition) is 1. The van der Waals surface area contributed by atoms with Gasteiger partial charge in [-0.15, -0.1) is 0 Å². The topological polar surface area (TPSA) is 33.4 Å². The standard InChI is InChI=1S/C18H17FO2/c1-11(2)12-6-8-13(9-7-12)17(20)16-10-14-4-3-5-15(19)18(14)21-16/h3-11,17,20H,1-2H3. The van der Waals surface area contributed by atoms with Gasteiger partial charge < -0.3 is 9.52 Å². The molecule has 1 unspecified atom stereocenters. The van der Waals surface area contributed by atoms with E-state index in [4.69, 9.17) is 4.42 Å². The van der Waals surface area contributed by atoms with Crippen molar-refractivity contribution >= 4 is 11.0 Å². The predicted molar refractivity (Wildman–Crippen MR) is 80.8 cm³/mol. The largest absolute Gasteiger partial charge is 0.455 e. The van der Waals surface area contributed by atoms with Crippen molar-refractivity contribution in [2.45, 2.75) is 25.9 Å². The molecule has 0 saturated heterocycles. The maximum atomic E-state index is 13.6. The molecule has 3 aromatic rings. The first-order valence-corrected chi connectivity index (χ1v) is 7.02. The molecule has 0 fully saturated rings. The normalized spacial score (nSPS) is 13.0. The molecule has 3 rings (SSSR count). The molecular formula is C18H17FO2. The van der Waals surface area contributed by atoms with E-state index >= 15 is 0 Å². The molecule has 1 N–H and O–H groups in total. The van der Waals surface area contributed by atoms with Crippen LogP contribution in [0.15, 0.2) is 52.9 Å². The monoisotopic (exact) mass is 284 g/mol. The fourth-order valence-electron chi connectivity index (χ4n) is 2.41. The molecule has 108 valence electrons. The van der Waals surface area contributed by atoms with E-state index < -0.39 is 11.9 Å². The van der Waals surface area contributed by atoms with Gasteiger partial charge in [0.15, 0.2) is 11.4 Å². The molecule has 1 atom stereocenters. The Morgan fingerprint density at radius 3 is 2.29 bits per heavy atom. The van der Waals surface area contributed by atoms with Crippen LogP contribution in [0.3, 0.4) is 0 Å². The van der Waals surface area contributed by atoms with Crippen LogP contribution in [0.1, 0.15) is 42.8 Å². The zero-order valence-corrected chi connectivity index (χ0v) is 12.0. The van der Waals surface area contributed by atoms with E-state index in [1.807, 2.05) is 24.3 Å². The van der Waals surface area contributed by atoms with Gasteiger partial charge in [-0.25, -0.2) is 4.39 Å². The number of benzene rings is 2. The second-order valence-corrected chi connectivity index (χ2v) is 5.53. The van der Waals surface area contributed by atoms with E-state index in [-0.39, 0.29) is 5.58 Å². The fraction of sp³-hybridized carbons (Fsp3) is 0.222. The van der Waals surface area contributed by atoms with E-state index in [1.165, 1.54) is 11.6 Å². The van der Waals surface area contributed by atoms with E-state index in [9.17, 15) is 9.50 Å². The first kappa shape index (κ1) is 13.8. The third-order valence-corrected chi connectivity index (χ3v) is 3.70. The molecule has 0 amide bonds. The Morgan fingerprint density at radius 2 is 1.67 bits per heavy atom. The number of furan rings is 1. The number of fused-ring (bicyclic) bond motifs is 1. The van der Waals surface area contributed by atoms with Crippen molar-refractivity contribution in [3.63, 3.8) is 0 Å². The van der Waals surface area contributed by atoms with Gasteiger partial charge in [-0.3, -0.25) is 0 Å². The summed E-state index contributed by atoms with van der Waals surface area (Å²) in [5, 5.41) is 11.1. The molecule has 21 heavy (non-hydrogen) atoms. The lowest BCUT2D eigenvalue weighted by Crippen LogP contribution is -1.98. The van der Waals surface area contributed by atoms with Crippen molar-refractivity contribution in [3.05, 3.63) is 71.2 Å². The number of hydrogen-bond acceptors (Lipinski definition) is 2. The van der Waals surface area contributed by atoms with Crippen molar-refractivity contribution in [2.75, 3.05) is 0 Å². The second kappa shape index (κ2) is 5.34. The summed E-state index contributed by atoms with van der Waals surface area (Å²) < 4.78 is 19.1. The number of rotatable bonds is 3. The van der Waals surface area contributed by atoms with Crippen LogP contribution in [-0.2, 0) is 0 Å². The van der Waals surface area contributed by atoms with Gasteiger partial charge in [-0.05, 0) is 29.2 Å². The minimum Gasteiger partial charge on any atom is -0.455 e. The van der Waals surface area contributed by atoms with Crippen LogP contribution in [0, 0.1) is 5.82 Å². The van der Waals surface area contributed by atoms with Gasteiger partial charge in [0.1, 0.15) is 11.9 Å². The average Bonchev–Trinajstić information content (AvgIpc) is 2.92. The highest BCUT2D eigenvalue weighted by Crippen LogP contribution is 2.30. The molecule has 3 heteroatoms. The predicted octanol–water partition coefficient (Wildman–Crippen LogP) is 4.78. The number of halogens is 1. The lowest BCUT2D eigenvalue weighted by Gasteiger charge is -2.10. The summed E-state index contributed by atoms with van der Waals surface area (Å²) in [6, 6.07) is 14.2. The Hall–Kier alpha value is -2.13. The van der Waals surface area contributed by atoms with Gasteiger partial charge in [0.2, 0.25) is 0 Å². The summed E-state index contributed by atoms with van der Waals surface area (Å²) in [7, 11) is 0. The highest BCUT2D eigenvalue weighted by atomic mass is 19.1. The molecular weight excluding hydrogens is 267 g/mol. The quantitative estimate of drug-likeness (QED) is 0.751. The van der Waals surface area contributed by atoms with Crippen molar-refractivity contribution < 1.29 is 13.9 Å². The highest BCUT2D eigenvalue weighted by molar-refractivity contribution is 5.78. The van der Waals surface area contributed by atoms with Crippen molar-refractivity contribution in [3.8, 4) is 0 Å². The summed E-state index contributed by atoms with van der Waals surface area (Å²) in [4.78, 5) is 0. The number of aliphatic hydroxyl groups excluding tert-OH is 1. The van der Waals surface area contributed by atoms with Crippen LogP contribution >= 0.6 is 0 Å². The van der Waals surface area contributed by atoms with E-state index in [0.29, 0.717) is 17.1 Å². The first-order chi connectivity index (χ1) is 10.1. The minimum absolute atomic E-state index is 0.186. The number of para-hydroxylation sites is 1. The Balaban J connectivity index is 1.96. The second-order valence-electron chi connectivity index (χ2n) is 5.53. The van der Waals surface area contributed by atoms with Crippen LogP contribution in [-0.4, -0.2) is 5.11 Å². The molecule has 0 radical (unpaired) electrons. The van der Waals surface area contributed by atoms with Gasteiger partial charge in [0, 0.05) is 5.39 Å². The number of aliphatic hydroxyl groups is 1. The lowest BCUT2D eigenvalue weighted by atomic mass is 9.99. The Bertz CT molecular complexity index is 756. The maximum absolute atomic E-state index is 13.6. The Morgan fingerprint density at radius 1 is 1.00 bits per heavy atom. The van der Waals surface area contributed by atoms with Crippen molar-refractivity contribution in [2.24, 2.45) is 0 Å². The Labute approximate surface area is 122 Å². The highest BCUT2D eigenvalue weighted by Gasteiger charge is 2.17. The van der Waals surface area contributed by atoms with E-state index in [1.54, 1.807) is 18.2 Å². The molecule has 0 aliphatic rings. The van der Waals surface area contributed by atoms with Crippen molar-refractivity contribution in [1.82, 2.24) is 0 Å². The fourth-order valence-corrected chi connectivity index (χ4v) is 2.41. The average molecular weight is 284 g/mol. The summed E-state index contributed by atoms with van der Waals surface area (Å²) in [5.41, 5.74) is 2.13.